The Balaban J connectivity index is 2.07. The SMILES string of the molecule is COC(=O)[C@H](CNC(=O)c1nccn2ccnc12)CC(C)C. The number of amides is 1. The molecule has 0 aliphatic carbocycles. The normalized spacial score (nSPS) is 12.4. The van der Waals surface area contributed by atoms with Crippen molar-refractivity contribution in [3.05, 3.63) is 30.5 Å². The molecule has 0 aromatic carbocycles. The molecule has 2 rings (SSSR count). The van der Waals surface area contributed by atoms with Gasteiger partial charge in [0.2, 0.25) is 0 Å². The van der Waals surface area contributed by atoms with E-state index in [4.69, 9.17) is 4.74 Å². The molecule has 1 atom stereocenters. The Kier molecular flexibility index (Phi) is 5.08. The molecule has 2 heterocycles. The molecule has 0 fully saturated rings. The highest BCUT2D eigenvalue weighted by molar-refractivity contribution is 5.97. The van der Waals surface area contributed by atoms with Gasteiger partial charge >= 0.3 is 5.97 Å². The first-order valence-electron chi connectivity index (χ1n) is 7.16. The average Bonchev–Trinajstić information content (AvgIpc) is 2.98. The summed E-state index contributed by atoms with van der Waals surface area (Å²) in [5.41, 5.74) is 0.721. The van der Waals surface area contributed by atoms with Crippen LogP contribution in [0.1, 0.15) is 30.8 Å². The van der Waals surface area contributed by atoms with E-state index in [-0.39, 0.29) is 30.0 Å². The zero-order valence-corrected chi connectivity index (χ0v) is 12.9. The minimum atomic E-state index is -0.367. The Labute approximate surface area is 128 Å². The van der Waals surface area contributed by atoms with E-state index in [0.29, 0.717) is 18.0 Å². The number of fused-ring (bicyclic) bond motifs is 1. The van der Waals surface area contributed by atoms with Gasteiger partial charge in [-0.2, -0.15) is 0 Å². The summed E-state index contributed by atoms with van der Waals surface area (Å²) in [5.74, 6) is -0.710. The van der Waals surface area contributed by atoms with Crippen LogP contribution in [0.5, 0.6) is 0 Å². The lowest BCUT2D eigenvalue weighted by Crippen LogP contribution is -2.35. The molecular weight excluding hydrogens is 284 g/mol. The molecule has 1 amide bonds. The first-order chi connectivity index (χ1) is 10.5. The Morgan fingerprint density at radius 1 is 1.27 bits per heavy atom. The summed E-state index contributed by atoms with van der Waals surface area (Å²) in [6.07, 6.45) is 7.24. The van der Waals surface area contributed by atoms with Gasteiger partial charge in [0, 0.05) is 31.3 Å². The lowest BCUT2D eigenvalue weighted by atomic mass is 9.97. The minimum Gasteiger partial charge on any atom is -0.469 e. The van der Waals surface area contributed by atoms with Crippen molar-refractivity contribution in [1.82, 2.24) is 19.7 Å². The first-order valence-corrected chi connectivity index (χ1v) is 7.16. The molecule has 118 valence electrons. The minimum absolute atomic E-state index is 0.215. The number of nitrogens with zero attached hydrogens (tertiary/aromatic N) is 3. The van der Waals surface area contributed by atoms with Crippen molar-refractivity contribution >= 4 is 17.5 Å². The van der Waals surface area contributed by atoms with E-state index in [1.165, 1.54) is 13.3 Å². The van der Waals surface area contributed by atoms with Crippen LogP contribution in [0.3, 0.4) is 0 Å². The highest BCUT2D eigenvalue weighted by Gasteiger charge is 2.22. The van der Waals surface area contributed by atoms with Gasteiger partial charge in [-0.05, 0) is 12.3 Å². The zero-order chi connectivity index (χ0) is 16.1. The third-order valence-corrected chi connectivity index (χ3v) is 3.33. The molecule has 0 bridgehead atoms. The van der Waals surface area contributed by atoms with Gasteiger partial charge in [-0.3, -0.25) is 9.59 Å². The smallest absolute Gasteiger partial charge is 0.310 e. The molecule has 7 heteroatoms. The molecule has 0 aliphatic rings. The predicted octanol–water partition coefficient (Wildman–Crippen LogP) is 1.29. The second-order valence-electron chi connectivity index (χ2n) is 5.49. The maximum atomic E-state index is 12.3. The molecule has 7 nitrogen and oxygen atoms in total. The number of methoxy groups -OCH3 is 1. The van der Waals surface area contributed by atoms with E-state index in [2.05, 4.69) is 15.3 Å². The predicted molar refractivity (Wildman–Crippen MR) is 80.3 cm³/mol. The molecule has 0 aliphatic heterocycles. The van der Waals surface area contributed by atoms with Crippen molar-refractivity contribution in [3.8, 4) is 0 Å². The highest BCUT2D eigenvalue weighted by Crippen LogP contribution is 2.13. The summed E-state index contributed by atoms with van der Waals surface area (Å²) < 4.78 is 6.50. The van der Waals surface area contributed by atoms with Crippen molar-refractivity contribution in [1.29, 1.82) is 0 Å². The van der Waals surface area contributed by atoms with E-state index in [1.54, 1.807) is 23.0 Å². The summed E-state index contributed by atoms with van der Waals surface area (Å²) in [5, 5.41) is 2.75. The maximum Gasteiger partial charge on any atom is 0.310 e. The summed E-state index contributed by atoms with van der Waals surface area (Å²) in [4.78, 5) is 32.2. The van der Waals surface area contributed by atoms with Gasteiger partial charge in [0.05, 0.1) is 13.0 Å². The number of esters is 1. The van der Waals surface area contributed by atoms with E-state index in [1.807, 2.05) is 13.8 Å². The summed E-state index contributed by atoms with van der Waals surface area (Å²) in [6, 6.07) is 0. The van der Waals surface area contributed by atoms with Crippen molar-refractivity contribution < 1.29 is 14.3 Å². The van der Waals surface area contributed by atoms with Gasteiger partial charge < -0.3 is 14.5 Å². The number of hydrogen-bond donors (Lipinski definition) is 1. The number of hydrogen-bond acceptors (Lipinski definition) is 5. The average molecular weight is 304 g/mol. The van der Waals surface area contributed by atoms with Crippen LogP contribution in [0, 0.1) is 11.8 Å². The Hall–Kier alpha value is -2.44. The van der Waals surface area contributed by atoms with Gasteiger partial charge in [0.25, 0.3) is 5.91 Å². The Morgan fingerprint density at radius 2 is 1.95 bits per heavy atom. The van der Waals surface area contributed by atoms with Crippen molar-refractivity contribution in [2.45, 2.75) is 20.3 Å². The number of carbonyl (C=O) groups excluding carboxylic acids is 2. The van der Waals surface area contributed by atoms with Gasteiger partial charge in [0.1, 0.15) is 0 Å². The zero-order valence-electron chi connectivity index (χ0n) is 12.9. The monoisotopic (exact) mass is 304 g/mol. The molecule has 2 aromatic heterocycles. The fraction of sp³-hybridized carbons (Fsp3) is 0.467. The first kappa shape index (κ1) is 15.9. The number of imidazole rings is 1. The second-order valence-corrected chi connectivity index (χ2v) is 5.49. The quantitative estimate of drug-likeness (QED) is 0.813. The van der Waals surface area contributed by atoms with Crippen LogP contribution < -0.4 is 5.32 Å². The summed E-state index contributed by atoms with van der Waals surface area (Å²) in [6.45, 7) is 4.25. The molecular formula is C15H20N4O3. The van der Waals surface area contributed by atoms with Gasteiger partial charge in [-0.15, -0.1) is 0 Å². The van der Waals surface area contributed by atoms with Crippen LogP contribution in [0.2, 0.25) is 0 Å². The molecule has 0 radical (unpaired) electrons. The maximum absolute atomic E-state index is 12.3. The lowest BCUT2D eigenvalue weighted by molar-refractivity contribution is -0.145. The number of aromatic nitrogens is 3. The number of rotatable bonds is 6. The summed E-state index contributed by atoms with van der Waals surface area (Å²) in [7, 11) is 1.35. The van der Waals surface area contributed by atoms with Crippen LogP contribution in [0.15, 0.2) is 24.8 Å². The van der Waals surface area contributed by atoms with E-state index >= 15 is 0 Å². The molecule has 0 unspecified atom stereocenters. The Bertz CT molecular complexity index is 666. The van der Waals surface area contributed by atoms with Crippen LogP contribution in [-0.2, 0) is 9.53 Å². The van der Waals surface area contributed by atoms with Crippen LogP contribution >= 0.6 is 0 Å². The highest BCUT2D eigenvalue weighted by atomic mass is 16.5. The lowest BCUT2D eigenvalue weighted by Gasteiger charge is -2.17. The number of nitrogens with one attached hydrogen (secondary N) is 1. The molecule has 2 aromatic rings. The molecule has 0 saturated carbocycles. The number of ether oxygens (including phenoxy) is 1. The fourth-order valence-electron chi connectivity index (χ4n) is 2.31. The molecule has 0 spiro atoms. The van der Waals surface area contributed by atoms with Gasteiger partial charge in [-0.1, -0.05) is 13.8 Å². The van der Waals surface area contributed by atoms with Crippen LogP contribution in [-0.4, -0.2) is 39.9 Å². The topological polar surface area (TPSA) is 85.6 Å². The largest absolute Gasteiger partial charge is 0.469 e. The molecule has 22 heavy (non-hydrogen) atoms. The standard InChI is InChI=1S/C15H20N4O3/c1-10(2)8-11(15(21)22-3)9-18-14(20)12-13-17-5-7-19(13)6-4-16-12/h4-7,10-11H,8-9H2,1-3H3,(H,18,20)/t11-/m0/s1. The third-order valence-electron chi connectivity index (χ3n) is 3.33. The van der Waals surface area contributed by atoms with Crippen LogP contribution in [0.4, 0.5) is 0 Å². The van der Waals surface area contributed by atoms with E-state index in [9.17, 15) is 9.59 Å². The van der Waals surface area contributed by atoms with E-state index in [0.717, 1.165) is 0 Å². The van der Waals surface area contributed by atoms with Crippen molar-refractivity contribution in [2.75, 3.05) is 13.7 Å². The second kappa shape index (κ2) is 7.02. The number of carbonyl (C=O) groups is 2. The van der Waals surface area contributed by atoms with Gasteiger partial charge in [-0.25, -0.2) is 9.97 Å². The summed E-state index contributed by atoms with van der Waals surface area (Å²) >= 11 is 0. The van der Waals surface area contributed by atoms with Gasteiger partial charge in [0.15, 0.2) is 11.3 Å². The Morgan fingerprint density at radius 3 is 2.59 bits per heavy atom. The fourth-order valence-corrected chi connectivity index (χ4v) is 2.31. The third kappa shape index (κ3) is 3.60. The van der Waals surface area contributed by atoms with Crippen molar-refractivity contribution in [2.24, 2.45) is 11.8 Å². The van der Waals surface area contributed by atoms with E-state index < -0.39 is 0 Å². The van der Waals surface area contributed by atoms with Crippen LogP contribution in [0.25, 0.3) is 5.65 Å². The molecule has 1 N–H and O–H groups in total. The van der Waals surface area contributed by atoms with Crippen molar-refractivity contribution in [3.63, 3.8) is 0 Å². The molecule has 0 saturated heterocycles.